The van der Waals surface area contributed by atoms with Crippen LogP contribution in [0.5, 0.6) is 17.2 Å². The number of aryl methyl sites for hydroxylation is 1. The molecule has 0 fully saturated rings. The first-order valence-electron chi connectivity index (χ1n) is 14.4. The first-order valence-corrected chi connectivity index (χ1v) is 16.0. The molecule has 1 aromatic heterocycles. The Morgan fingerprint density at radius 2 is 1.70 bits per heavy atom. The van der Waals surface area contributed by atoms with Gasteiger partial charge in [0.2, 0.25) is 0 Å². The largest absolute Gasteiger partial charge is 0.493 e. The number of halogens is 2. The van der Waals surface area contributed by atoms with E-state index in [1.807, 2.05) is 13.8 Å². The molecular weight excluding hydrogens is 665 g/mol. The third kappa shape index (κ3) is 9.03. The molecule has 0 radical (unpaired) electrons. The summed E-state index contributed by atoms with van der Waals surface area (Å²) in [7, 11) is 1.51. The van der Waals surface area contributed by atoms with Crippen LogP contribution in [0, 0.1) is 13.8 Å². The molecular formula is C34H33Cl2N3O7S. The number of nitrogens with one attached hydrogen (secondary N) is 2. The zero-order valence-electron chi connectivity index (χ0n) is 26.3. The Balaban J connectivity index is 1.30. The number of esters is 1. The zero-order valence-corrected chi connectivity index (χ0v) is 28.6. The van der Waals surface area contributed by atoms with Gasteiger partial charge in [-0.15, -0.1) is 11.3 Å². The summed E-state index contributed by atoms with van der Waals surface area (Å²) < 4.78 is 22.2. The molecule has 13 heteroatoms. The second-order valence-corrected chi connectivity index (χ2v) is 12.1. The molecule has 4 rings (SSSR count). The Hall–Kier alpha value is -4.58. The summed E-state index contributed by atoms with van der Waals surface area (Å²) in [5, 5.41) is 8.25. The van der Waals surface area contributed by atoms with E-state index in [1.165, 1.54) is 24.7 Å². The number of rotatable bonds is 13. The van der Waals surface area contributed by atoms with Crippen LogP contribution in [0.15, 0.2) is 65.8 Å². The highest BCUT2D eigenvalue weighted by molar-refractivity contribution is 7.16. The molecule has 0 aliphatic carbocycles. The van der Waals surface area contributed by atoms with Gasteiger partial charge in [-0.2, -0.15) is 5.10 Å². The number of hydrazone groups is 1. The van der Waals surface area contributed by atoms with E-state index >= 15 is 0 Å². The fourth-order valence-electron chi connectivity index (χ4n) is 4.25. The van der Waals surface area contributed by atoms with Gasteiger partial charge in [0.05, 0.1) is 25.5 Å². The van der Waals surface area contributed by atoms with Crippen LogP contribution >= 0.6 is 34.5 Å². The van der Waals surface area contributed by atoms with Crippen molar-refractivity contribution in [1.29, 1.82) is 0 Å². The van der Waals surface area contributed by atoms with Crippen molar-refractivity contribution in [3.8, 4) is 17.2 Å². The van der Waals surface area contributed by atoms with Gasteiger partial charge < -0.3 is 24.3 Å². The molecule has 47 heavy (non-hydrogen) atoms. The molecule has 0 spiro atoms. The quantitative estimate of drug-likeness (QED) is 0.0837. The lowest BCUT2D eigenvalue weighted by molar-refractivity contribution is -0.127. The van der Waals surface area contributed by atoms with Gasteiger partial charge in [0.1, 0.15) is 17.4 Å². The summed E-state index contributed by atoms with van der Waals surface area (Å²) in [6, 6.07) is 16.7. The van der Waals surface area contributed by atoms with E-state index in [0.717, 1.165) is 10.4 Å². The molecule has 1 heterocycles. The van der Waals surface area contributed by atoms with Crippen molar-refractivity contribution >= 4 is 63.5 Å². The Morgan fingerprint density at radius 1 is 1.00 bits per heavy atom. The number of ether oxygens (including phenoxy) is 4. The highest BCUT2D eigenvalue weighted by Gasteiger charge is 2.23. The van der Waals surface area contributed by atoms with Crippen LogP contribution in [0.3, 0.4) is 0 Å². The number of hydrogen-bond donors (Lipinski definition) is 2. The van der Waals surface area contributed by atoms with E-state index in [1.54, 1.807) is 74.5 Å². The molecule has 0 aliphatic rings. The van der Waals surface area contributed by atoms with E-state index in [4.69, 9.17) is 42.1 Å². The van der Waals surface area contributed by atoms with Crippen molar-refractivity contribution in [2.24, 2.45) is 5.10 Å². The molecule has 4 aromatic rings. The maximum absolute atomic E-state index is 12.9. The third-order valence-corrected chi connectivity index (χ3v) is 8.73. The lowest BCUT2D eigenvalue weighted by atomic mass is 10.1. The molecule has 0 saturated heterocycles. The minimum absolute atomic E-state index is 0.152. The minimum Gasteiger partial charge on any atom is -0.493 e. The van der Waals surface area contributed by atoms with Crippen LogP contribution in [0.2, 0.25) is 10.0 Å². The average Bonchev–Trinajstić information content (AvgIpc) is 3.33. The maximum Gasteiger partial charge on any atom is 0.341 e. The first kappa shape index (κ1) is 35.3. The van der Waals surface area contributed by atoms with E-state index in [9.17, 15) is 14.4 Å². The maximum atomic E-state index is 12.9. The molecule has 2 amide bonds. The zero-order chi connectivity index (χ0) is 34.1. The minimum atomic E-state index is -0.891. The number of carbonyl (C=O) groups excluding carboxylic acids is 3. The molecule has 0 saturated carbocycles. The average molecular weight is 699 g/mol. The van der Waals surface area contributed by atoms with E-state index in [0.29, 0.717) is 54.5 Å². The van der Waals surface area contributed by atoms with Crippen molar-refractivity contribution in [2.45, 2.75) is 40.4 Å². The summed E-state index contributed by atoms with van der Waals surface area (Å²) in [6.45, 7) is 7.37. The monoisotopic (exact) mass is 697 g/mol. The molecule has 1 unspecified atom stereocenters. The SMILES string of the molecule is CCOC(=O)c1c(NC(=O)c2ccc(OC(C)C(=O)N/N=C/c3ccc(OCc4c(Cl)cccc4Cl)c(OC)c3)cc2)sc(C)c1C. The number of benzene rings is 3. The predicted molar refractivity (Wildman–Crippen MR) is 184 cm³/mol. The van der Waals surface area contributed by atoms with Gasteiger partial charge in [0, 0.05) is 26.0 Å². The summed E-state index contributed by atoms with van der Waals surface area (Å²) in [6.07, 6.45) is 0.567. The second-order valence-electron chi connectivity index (χ2n) is 10.1. The topological polar surface area (TPSA) is 125 Å². The normalized spacial score (nSPS) is 11.6. The number of nitrogens with zero attached hydrogens (tertiary/aromatic N) is 1. The number of hydrogen-bond acceptors (Lipinski definition) is 9. The Bertz CT molecular complexity index is 1770. The van der Waals surface area contributed by atoms with Crippen molar-refractivity contribution in [3.63, 3.8) is 0 Å². The number of anilines is 1. The van der Waals surface area contributed by atoms with Crippen LogP contribution in [0.1, 0.15) is 56.1 Å². The smallest absolute Gasteiger partial charge is 0.341 e. The molecule has 1 atom stereocenters. The second kappa shape index (κ2) is 16.3. The predicted octanol–water partition coefficient (Wildman–Crippen LogP) is 7.61. The van der Waals surface area contributed by atoms with Gasteiger partial charge in [0.25, 0.3) is 11.8 Å². The highest BCUT2D eigenvalue weighted by Crippen LogP contribution is 2.34. The fourth-order valence-corrected chi connectivity index (χ4v) is 5.80. The van der Waals surface area contributed by atoms with Gasteiger partial charge in [-0.1, -0.05) is 29.3 Å². The van der Waals surface area contributed by atoms with E-state index in [2.05, 4.69) is 15.8 Å². The highest BCUT2D eigenvalue weighted by atomic mass is 35.5. The number of carbonyl (C=O) groups is 3. The first-order chi connectivity index (χ1) is 22.5. The van der Waals surface area contributed by atoms with Crippen LogP contribution < -0.4 is 25.0 Å². The van der Waals surface area contributed by atoms with Crippen molar-refractivity contribution in [2.75, 3.05) is 19.0 Å². The summed E-state index contributed by atoms with van der Waals surface area (Å²) in [5.41, 5.74) is 5.23. The molecule has 0 aliphatic heterocycles. The lowest BCUT2D eigenvalue weighted by Crippen LogP contribution is -2.33. The van der Waals surface area contributed by atoms with Gasteiger partial charge in [-0.25, -0.2) is 10.2 Å². The van der Waals surface area contributed by atoms with Crippen molar-refractivity contribution in [3.05, 3.63) is 103 Å². The Labute approximate surface area is 286 Å². The summed E-state index contributed by atoms with van der Waals surface area (Å²) in [4.78, 5) is 38.9. The summed E-state index contributed by atoms with van der Waals surface area (Å²) in [5.74, 6) is -0.0533. The van der Waals surface area contributed by atoms with Gasteiger partial charge in [-0.3, -0.25) is 9.59 Å². The van der Waals surface area contributed by atoms with Crippen molar-refractivity contribution < 1.29 is 33.3 Å². The van der Waals surface area contributed by atoms with Crippen LogP contribution in [0.4, 0.5) is 5.00 Å². The standard InChI is InChI=1S/C34H33Cl2N3O7S/c1-6-44-34(42)30-19(2)21(4)47-33(30)38-32(41)23-11-13-24(14-12-23)46-20(3)31(40)39-37-17-22-10-15-28(29(16-22)43-5)45-18-25-26(35)8-7-9-27(25)36/h7-17,20H,6,18H2,1-5H3,(H,38,41)(H,39,40)/b37-17+. The molecule has 2 N–H and O–H groups in total. The molecule has 246 valence electrons. The lowest BCUT2D eigenvalue weighted by Gasteiger charge is -2.14. The number of thiophene rings is 1. The number of methoxy groups -OCH3 is 1. The third-order valence-electron chi connectivity index (χ3n) is 6.90. The van der Waals surface area contributed by atoms with Crippen molar-refractivity contribution in [1.82, 2.24) is 5.43 Å². The Morgan fingerprint density at radius 3 is 2.36 bits per heavy atom. The van der Waals surface area contributed by atoms with Gasteiger partial charge >= 0.3 is 5.97 Å². The molecule has 3 aromatic carbocycles. The van der Waals surface area contributed by atoms with E-state index in [-0.39, 0.29) is 13.2 Å². The van der Waals surface area contributed by atoms with Crippen LogP contribution in [-0.4, -0.2) is 43.8 Å². The van der Waals surface area contributed by atoms with Gasteiger partial charge in [0.15, 0.2) is 17.6 Å². The number of amides is 2. The fraction of sp³-hybridized carbons (Fsp3) is 0.235. The Kier molecular flexibility index (Phi) is 12.2. The van der Waals surface area contributed by atoms with E-state index < -0.39 is 23.9 Å². The van der Waals surface area contributed by atoms with Crippen LogP contribution in [0.25, 0.3) is 0 Å². The molecule has 10 nitrogen and oxygen atoms in total. The summed E-state index contributed by atoms with van der Waals surface area (Å²) >= 11 is 13.8. The van der Waals surface area contributed by atoms with Gasteiger partial charge in [-0.05, 0) is 93.4 Å². The molecule has 0 bridgehead atoms. The van der Waals surface area contributed by atoms with Crippen LogP contribution in [-0.2, 0) is 16.1 Å².